The van der Waals surface area contributed by atoms with Gasteiger partial charge in [-0.1, -0.05) is 47.0 Å². The lowest BCUT2D eigenvalue weighted by Crippen LogP contribution is -2.15. The number of hydrogen-bond acceptors (Lipinski definition) is 2. The second-order valence-electron chi connectivity index (χ2n) is 4.95. The van der Waals surface area contributed by atoms with Crippen LogP contribution in [0.1, 0.15) is 66.2 Å². The first kappa shape index (κ1) is 14.5. The fraction of sp³-hybridized carbons (Fsp3) is 0.923. The molecule has 0 aliphatic rings. The molecule has 0 aliphatic heterocycles. The van der Waals surface area contributed by atoms with Gasteiger partial charge < -0.3 is 4.74 Å². The Balaban J connectivity index is 3.46. The number of ether oxygens (including phenoxy) is 1. The summed E-state index contributed by atoms with van der Waals surface area (Å²) in [4.78, 5) is 11.3. The molecule has 0 rings (SSSR count). The van der Waals surface area contributed by atoms with Gasteiger partial charge in [0.2, 0.25) is 0 Å². The lowest BCUT2D eigenvalue weighted by atomic mass is 9.87. The molecule has 0 fully saturated rings. The molecule has 15 heavy (non-hydrogen) atoms. The topological polar surface area (TPSA) is 26.3 Å². The van der Waals surface area contributed by atoms with Crippen molar-refractivity contribution in [3.63, 3.8) is 0 Å². The Morgan fingerprint density at radius 3 is 2.40 bits per heavy atom. The molecule has 0 N–H and O–H groups in total. The zero-order valence-corrected chi connectivity index (χ0v) is 10.8. The second kappa shape index (κ2) is 7.72. The Labute approximate surface area is 94.4 Å². The van der Waals surface area contributed by atoms with Crippen molar-refractivity contribution in [2.24, 2.45) is 5.41 Å². The van der Waals surface area contributed by atoms with Crippen molar-refractivity contribution in [1.82, 2.24) is 0 Å². The first-order valence-corrected chi connectivity index (χ1v) is 6.17. The van der Waals surface area contributed by atoms with Crippen LogP contribution in [0.25, 0.3) is 0 Å². The molecule has 0 radical (unpaired) electrons. The average Bonchev–Trinajstić information content (AvgIpc) is 2.18. The van der Waals surface area contributed by atoms with Crippen molar-refractivity contribution in [2.45, 2.75) is 66.2 Å². The Bertz CT molecular complexity index is 173. The van der Waals surface area contributed by atoms with Crippen LogP contribution in [0.5, 0.6) is 0 Å². The minimum atomic E-state index is -0.0321. The lowest BCUT2D eigenvalue weighted by Gasteiger charge is -2.21. The predicted molar refractivity (Wildman–Crippen MR) is 63.8 cm³/mol. The summed E-state index contributed by atoms with van der Waals surface area (Å²) in [5.41, 5.74) is 0.295. The highest BCUT2D eigenvalue weighted by Gasteiger charge is 2.15. The molecule has 0 spiro atoms. The fourth-order valence-electron chi connectivity index (χ4n) is 1.21. The number of unbranched alkanes of at least 4 members (excludes halogenated alkanes) is 2. The molecule has 0 bridgehead atoms. The zero-order chi connectivity index (χ0) is 11.7. The lowest BCUT2D eigenvalue weighted by molar-refractivity contribution is -0.144. The van der Waals surface area contributed by atoms with Gasteiger partial charge in [0.15, 0.2) is 0 Å². The third kappa shape index (κ3) is 8.46. The molecule has 2 heteroatoms. The summed E-state index contributed by atoms with van der Waals surface area (Å²) < 4.78 is 5.19. The van der Waals surface area contributed by atoms with E-state index in [-0.39, 0.29) is 5.97 Å². The van der Waals surface area contributed by atoms with Crippen LogP contribution < -0.4 is 0 Å². The fourth-order valence-corrected chi connectivity index (χ4v) is 1.21. The highest BCUT2D eigenvalue weighted by atomic mass is 16.5. The minimum absolute atomic E-state index is 0.0321. The molecular weight excluding hydrogens is 188 g/mol. The van der Waals surface area contributed by atoms with Crippen LogP contribution in [0.2, 0.25) is 0 Å². The number of hydrogen-bond donors (Lipinski definition) is 0. The SMILES string of the molecule is CCCCCC(=O)OCCC(C)(C)CC. The van der Waals surface area contributed by atoms with Crippen LogP contribution in [-0.4, -0.2) is 12.6 Å². The molecule has 0 amide bonds. The van der Waals surface area contributed by atoms with Crippen LogP contribution in [-0.2, 0) is 9.53 Å². The summed E-state index contributed by atoms with van der Waals surface area (Å²) in [5.74, 6) is -0.0321. The van der Waals surface area contributed by atoms with Crippen molar-refractivity contribution in [1.29, 1.82) is 0 Å². The third-order valence-corrected chi connectivity index (χ3v) is 2.98. The van der Waals surface area contributed by atoms with E-state index in [1.54, 1.807) is 0 Å². The van der Waals surface area contributed by atoms with Gasteiger partial charge in [-0.05, 0) is 18.3 Å². The van der Waals surface area contributed by atoms with Gasteiger partial charge in [-0.15, -0.1) is 0 Å². The van der Waals surface area contributed by atoms with E-state index in [9.17, 15) is 4.79 Å². The van der Waals surface area contributed by atoms with Crippen molar-refractivity contribution >= 4 is 5.97 Å². The monoisotopic (exact) mass is 214 g/mol. The number of carbonyl (C=O) groups is 1. The first-order chi connectivity index (χ1) is 7.02. The average molecular weight is 214 g/mol. The molecule has 0 aliphatic carbocycles. The van der Waals surface area contributed by atoms with Gasteiger partial charge in [0.05, 0.1) is 6.61 Å². The van der Waals surface area contributed by atoms with E-state index in [0.717, 1.165) is 32.1 Å². The highest BCUT2D eigenvalue weighted by Crippen LogP contribution is 2.24. The smallest absolute Gasteiger partial charge is 0.305 e. The van der Waals surface area contributed by atoms with Gasteiger partial charge in [-0.2, -0.15) is 0 Å². The van der Waals surface area contributed by atoms with Crippen molar-refractivity contribution in [2.75, 3.05) is 6.61 Å². The zero-order valence-electron chi connectivity index (χ0n) is 10.8. The Morgan fingerprint density at radius 1 is 1.20 bits per heavy atom. The normalized spacial score (nSPS) is 11.5. The summed E-state index contributed by atoms with van der Waals surface area (Å²) in [5, 5.41) is 0. The van der Waals surface area contributed by atoms with Crippen molar-refractivity contribution in [3.8, 4) is 0 Å². The molecule has 2 nitrogen and oxygen atoms in total. The van der Waals surface area contributed by atoms with Crippen LogP contribution >= 0.6 is 0 Å². The van der Waals surface area contributed by atoms with Crippen molar-refractivity contribution in [3.05, 3.63) is 0 Å². The number of carbonyl (C=O) groups excluding carboxylic acids is 1. The molecule has 0 saturated heterocycles. The largest absolute Gasteiger partial charge is 0.466 e. The summed E-state index contributed by atoms with van der Waals surface area (Å²) in [6, 6.07) is 0. The van der Waals surface area contributed by atoms with E-state index >= 15 is 0 Å². The second-order valence-corrected chi connectivity index (χ2v) is 4.95. The molecule has 0 unspecified atom stereocenters. The summed E-state index contributed by atoms with van der Waals surface area (Å²) >= 11 is 0. The molecule has 0 atom stereocenters. The third-order valence-electron chi connectivity index (χ3n) is 2.98. The molecule has 0 saturated carbocycles. The van der Waals surface area contributed by atoms with Gasteiger partial charge in [0.1, 0.15) is 0 Å². The van der Waals surface area contributed by atoms with Gasteiger partial charge in [0.25, 0.3) is 0 Å². The van der Waals surface area contributed by atoms with Crippen LogP contribution in [0.3, 0.4) is 0 Å². The molecule has 0 aromatic carbocycles. The Kier molecular flexibility index (Phi) is 7.45. The maximum atomic E-state index is 11.3. The number of esters is 1. The minimum Gasteiger partial charge on any atom is -0.466 e. The maximum absolute atomic E-state index is 11.3. The van der Waals surface area contributed by atoms with E-state index in [2.05, 4.69) is 27.7 Å². The van der Waals surface area contributed by atoms with E-state index in [4.69, 9.17) is 4.74 Å². The van der Waals surface area contributed by atoms with Crippen LogP contribution in [0.4, 0.5) is 0 Å². The molecule has 0 heterocycles. The van der Waals surface area contributed by atoms with Crippen LogP contribution in [0.15, 0.2) is 0 Å². The molecule has 0 aromatic rings. The van der Waals surface area contributed by atoms with Gasteiger partial charge >= 0.3 is 5.97 Å². The first-order valence-electron chi connectivity index (χ1n) is 6.17. The van der Waals surface area contributed by atoms with E-state index in [0.29, 0.717) is 18.4 Å². The maximum Gasteiger partial charge on any atom is 0.305 e. The number of rotatable bonds is 8. The van der Waals surface area contributed by atoms with E-state index in [1.807, 2.05) is 0 Å². The van der Waals surface area contributed by atoms with Gasteiger partial charge in [-0.3, -0.25) is 4.79 Å². The molecular formula is C13H26O2. The summed E-state index contributed by atoms with van der Waals surface area (Å²) in [7, 11) is 0. The van der Waals surface area contributed by atoms with Gasteiger partial charge in [-0.25, -0.2) is 0 Å². The predicted octanol–water partition coefficient (Wildman–Crippen LogP) is 3.94. The standard InChI is InChI=1S/C13H26O2/c1-5-7-8-9-12(14)15-11-10-13(3,4)6-2/h5-11H2,1-4H3. The quantitative estimate of drug-likeness (QED) is 0.452. The van der Waals surface area contributed by atoms with Crippen LogP contribution in [0, 0.1) is 5.41 Å². The van der Waals surface area contributed by atoms with Gasteiger partial charge in [0, 0.05) is 6.42 Å². The Hall–Kier alpha value is -0.530. The molecule has 0 aromatic heterocycles. The highest BCUT2D eigenvalue weighted by molar-refractivity contribution is 5.69. The summed E-state index contributed by atoms with van der Waals surface area (Å²) in [6.07, 6.45) is 5.90. The summed E-state index contributed by atoms with van der Waals surface area (Å²) in [6.45, 7) is 9.29. The van der Waals surface area contributed by atoms with E-state index in [1.165, 1.54) is 0 Å². The van der Waals surface area contributed by atoms with Crippen molar-refractivity contribution < 1.29 is 9.53 Å². The molecule has 90 valence electrons. The Morgan fingerprint density at radius 2 is 1.87 bits per heavy atom. The van der Waals surface area contributed by atoms with E-state index < -0.39 is 0 Å².